The first-order chi connectivity index (χ1) is 12.3. The average molecular weight is 365 g/mol. The molecule has 0 aliphatic rings. The van der Waals surface area contributed by atoms with Crippen molar-refractivity contribution < 1.29 is 14.3 Å². The van der Waals surface area contributed by atoms with Gasteiger partial charge in [0.1, 0.15) is 5.60 Å². The molecule has 2 amide bonds. The number of benzene rings is 1. The molecule has 0 aliphatic heterocycles. The van der Waals surface area contributed by atoms with Crippen molar-refractivity contribution in [2.45, 2.75) is 85.8 Å². The summed E-state index contributed by atoms with van der Waals surface area (Å²) in [5.41, 5.74) is 1.22. The lowest BCUT2D eigenvalue weighted by Crippen LogP contribution is -2.32. The first-order valence-electron chi connectivity index (χ1n) is 9.66. The molecule has 1 aromatic rings. The van der Waals surface area contributed by atoms with Crippen LogP contribution in [0.4, 0.5) is 10.5 Å². The lowest BCUT2D eigenvalue weighted by Gasteiger charge is -2.19. The van der Waals surface area contributed by atoms with E-state index in [1.807, 2.05) is 58.9 Å². The highest BCUT2D eigenvalue weighted by Crippen LogP contribution is 2.12. The number of hydrogen-bond acceptors (Lipinski definition) is 3. The first kappa shape index (κ1) is 24.0. The number of amides is 2. The summed E-state index contributed by atoms with van der Waals surface area (Å²) in [6.45, 7) is 12.0. The summed E-state index contributed by atoms with van der Waals surface area (Å²) in [5.74, 6) is 0.0470. The number of alkyl carbamates (subject to hydrolysis) is 1. The Bertz CT molecular complexity index is 519. The lowest BCUT2D eigenvalue weighted by molar-refractivity contribution is -0.116. The molecule has 0 spiro atoms. The van der Waals surface area contributed by atoms with E-state index in [0.717, 1.165) is 24.1 Å². The Labute approximate surface area is 158 Å². The molecule has 0 heterocycles. The number of carbonyl (C=O) groups excluding carboxylic acids is 2. The van der Waals surface area contributed by atoms with Gasteiger partial charge in [-0.3, -0.25) is 4.79 Å². The van der Waals surface area contributed by atoms with Crippen LogP contribution in [0, 0.1) is 0 Å². The summed E-state index contributed by atoms with van der Waals surface area (Å²) in [5, 5.41) is 5.60. The SMILES string of the molecule is CC.CCCCCCC(=O)Nc1ccc(CNC(=O)OC(C)(C)C)cc1. The van der Waals surface area contributed by atoms with E-state index < -0.39 is 11.7 Å². The lowest BCUT2D eigenvalue weighted by atomic mass is 10.1. The maximum absolute atomic E-state index is 11.8. The number of nitrogens with one attached hydrogen (secondary N) is 2. The van der Waals surface area contributed by atoms with Crippen molar-refractivity contribution in [2.24, 2.45) is 0 Å². The van der Waals surface area contributed by atoms with E-state index in [1.54, 1.807) is 0 Å². The van der Waals surface area contributed by atoms with Gasteiger partial charge in [-0.1, -0.05) is 52.2 Å². The second kappa shape index (κ2) is 13.2. The predicted octanol–water partition coefficient (Wildman–Crippen LogP) is 5.65. The molecule has 0 saturated heterocycles. The van der Waals surface area contributed by atoms with E-state index in [1.165, 1.54) is 12.8 Å². The van der Waals surface area contributed by atoms with Gasteiger partial charge < -0.3 is 15.4 Å². The second-order valence-electron chi connectivity index (χ2n) is 6.91. The zero-order valence-electron chi connectivity index (χ0n) is 17.3. The molecule has 0 fully saturated rings. The Balaban J connectivity index is 0.00000301. The van der Waals surface area contributed by atoms with Crippen LogP contribution >= 0.6 is 0 Å². The Morgan fingerprint density at radius 3 is 2.15 bits per heavy atom. The molecule has 0 bridgehead atoms. The van der Waals surface area contributed by atoms with Gasteiger partial charge in [-0.25, -0.2) is 4.79 Å². The fourth-order valence-corrected chi connectivity index (χ4v) is 2.13. The minimum atomic E-state index is -0.505. The number of rotatable bonds is 8. The maximum atomic E-state index is 11.8. The zero-order chi connectivity index (χ0) is 20.0. The highest BCUT2D eigenvalue weighted by molar-refractivity contribution is 5.90. The van der Waals surface area contributed by atoms with Crippen LogP contribution in [0.15, 0.2) is 24.3 Å². The summed E-state index contributed by atoms with van der Waals surface area (Å²) in [7, 11) is 0. The van der Waals surface area contributed by atoms with E-state index in [0.29, 0.717) is 13.0 Å². The molecule has 0 unspecified atom stereocenters. The number of unbranched alkanes of at least 4 members (excludes halogenated alkanes) is 3. The molecule has 0 aromatic heterocycles. The van der Waals surface area contributed by atoms with Gasteiger partial charge >= 0.3 is 6.09 Å². The third kappa shape index (κ3) is 12.3. The molecule has 26 heavy (non-hydrogen) atoms. The molecule has 2 N–H and O–H groups in total. The molecule has 1 aromatic carbocycles. The van der Waals surface area contributed by atoms with Crippen LogP contribution in [-0.2, 0) is 16.1 Å². The van der Waals surface area contributed by atoms with E-state index >= 15 is 0 Å². The molecular formula is C21H36N2O3. The Hall–Kier alpha value is -2.04. The van der Waals surface area contributed by atoms with E-state index in [9.17, 15) is 9.59 Å². The van der Waals surface area contributed by atoms with Crippen molar-refractivity contribution in [3.05, 3.63) is 29.8 Å². The quantitative estimate of drug-likeness (QED) is 0.586. The van der Waals surface area contributed by atoms with Gasteiger partial charge in [0.2, 0.25) is 5.91 Å². The van der Waals surface area contributed by atoms with Gasteiger partial charge in [0.25, 0.3) is 0 Å². The smallest absolute Gasteiger partial charge is 0.407 e. The standard InChI is InChI=1S/C19H30N2O3.C2H6/c1-5-6-7-8-9-17(22)21-16-12-10-15(11-13-16)14-20-18(23)24-19(2,3)4;1-2/h10-13H,5-9,14H2,1-4H3,(H,20,23)(H,21,22);1-2H3. The van der Waals surface area contributed by atoms with Crippen molar-refractivity contribution in [2.75, 3.05) is 5.32 Å². The molecule has 0 radical (unpaired) electrons. The largest absolute Gasteiger partial charge is 0.444 e. The van der Waals surface area contributed by atoms with Crippen molar-refractivity contribution in [1.29, 1.82) is 0 Å². The number of ether oxygens (including phenoxy) is 1. The summed E-state index contributed by atoms with van der Waals surface area (Å²) >= 11 is 0. The summed E-state index contributed by atoms with van der Waals surface area (Å²) in [6, 6.07) is 7.44. The van der Waals surface area contributed by atoms with Crippen LogP contribution < -0.4 is 10.6 Å². The number of hydrogen-bond donors (Lipinski definition) is 2. The molecule has 0 atom stereocenters. The summed E-state index contributed by atoms with van der Waals surface area (Å²) in [6.07, 6.45) is 4.48. The van der Waals surface area contributed by atoms with Crippen molar-refractivity contribution >= 4 is 17.7 Å². The molecule has 148 valence electrons. The van der Waals surface area contributed by atoms with Crippen LogP contribution in [0.1, 0.15) is 79.2 Å². The highest BCUT2D eigenvalue weighted by Gasteiger charge is 2.15. The van der Waals surface area contributed by atoms with Gasteiger partial charge in [0.15, 0.2) is 0 Å². The number of anilines is 1. The average Bonchev–Trinajstić information content (AvgIpc) is 2.58. The van der Waals surface area contributed by atoms with Crippen LogP contribution in [0.2, 0.25) is 0 Å². The Morgan fingerprint density at radius 1 is 1.00 bits per heavy atom. The molecular weight excluding hydrogens is 328 g/mol. The molecule has 5 heteroatoms. The normalized spacial score (nSPS) is 10.4. The topological polar surface area (TPSA) is 67.4 Å². The van der Waals surface area contributed by atoms with Gasteiger partial charge in [-0.2, -0.15) is 0 Å². The summed E-state index contributed by atoms with van der Waals surface area (Å²) in [4.78, 5) is 23.4. The van der Waals surface area contributed by atoms with Crippen LogP contribution in [0.25, 0.3) is 0 Å². The van der Waals surface area contributed by atoms with Crippen molar-refractivity contribution in [3.8, 4) is 0 Å². The number of carbonyl (C=O) groups is 2. The Kier molecular flexibility index (Phi) is 12.2. The van der Waals surface area contributed by atoms with Crippen LogP contribution in [0.3, 0.4) is 0 Å². The van der Waals surface area contributed by atoms with Gasteiger partial charge in [-0.15, -0.1) is 0 Å². The predicted molar refractivity (Wildman–Crippen MR) is 108 cm³/mol. The van der Waals surface area contributed by atoms with Crippen LogP contribution in [-0.4, -0.2) is 17.6 Å². The van der Waals surface area contributed by atoms with Gasteiger partial charge in [0, 0.05) is 18.7 Å². The van der Waals surface area contributed by atoms with Crippen molar-refractivity contribution in [1.82, 2.24) is 5.32 Å². The first-order valence-corrected chi connectivity index (χ1v) is 9.66. The third-order valence-corrected chi connectivity index (χ3v) is 3.33. The van der Waals surface area contributed by atoms with Gasteiger partial charge in [-0.05, 0) is 44.9 Å². The molecule has 0 aliphatic carbocycles. The highest BCUT2D eigenvalue weighted by atomic mass is 16.6. The fraction of sp³-hybridized carbons (Fsp3) is 0.619. The summed E-state index contributed by atoms with van der Waals surface area (Å²) < 4.78 is 5.18. The third-order valence-electron chi connectivity index (χ3n) is 3.33. The minimum Gasteiger partial charge on any atom is -0.444 e. The van der Waals surface area contributed by atoms with E-state index in [2.05, 4.69) is 17.6 Å². The fourth-order valence-electron chi connectivity index (χ4n) is 2.13. The van der Waals surface area contributed by atoms with Gasteiger partial charge in [0.05, 0.1) is 0 Å². The molecule has 0 saturated carbocycles. The van der Waals surface area contributed by atoms with E-state index in [4.69, 9.17) is 4.74 Å². The minimum absolute atomic E-state index is 0.0470. The molecule has 5 nitrogen and oxygen atoms in total. The maximum Gasteiger partial charge on any atom is 0.407 e. The molecule has 1 rings (SSSR count). The van der Waals surface area contributed by atoms with E-state index in [-0.39, 0.29) is 5.91 Å². The zero-order valence-corrected chi connectivity index (χ0v) is 17.3. The van der Waals surface area contributed by atoms with Crippen LogP contribution in [0.5, 0.6) is 0 Å². The monoisotopic (exact) mass is 364 g/mol. The van der Waals surface area contributed by atoms with Crippen molar-refractivity contribution in [3.63, 3.8) is 0 Å². The Morgan fingerprint density at radius 2 is 1.62 bits per heavy atom. The second-order valence-corrected chi connectivity index (χ2v) is 6.91.